The highest BCUT2D eigenvalue weighted by molar-refractivity contribution is 14.0. The van der Waals surface area contributed by atoms with Gasteiger partial charge < -0.3 is 15.4 Å². The molecular weight excluding hydrogens is 423 g/mol. The van der Waals surface area contributed by atoms with Gasteiger partial charge in [0, 0.05) is 30.2 Å². The maximum absolute atomic E-state index is 5.53. The smallest absolute Gasteiger partial charge is 0.218 e. The molecule has 0 radical (unpaired) electrons. The van der Waals surface area contributed by atoms with Crippen LogP contribution in [0.2, 0.25) is 0 Å². The molecule has 0 bridgehead atoms. The summed E-state index contributed by atoms with van der Waals surface area (Å²) in [4.78, 5) is 9.81. The lowest BCUT2D eigenvalue weighted by Crippen LogP contribution is -2.36. The number of hydrogen-bond acceptors (Lipinski definition) is 4. The average molecular weight is 446 g/mol. The van der Waals surface area contributed by atoms with Crippen LogP contribution in [-0.2, 0) is 13.1 Å². The Balaban J connectivity index is 0.00000264. The minimum Gasteiger partial charge on any atom is -0.478 e. The van der Waals surface area contributed by atoms with Crippen molar-refractivity contribution in [1.82, 2.24) is 15.6 Å². The van der Waals surface area contributed by atoms with Crippen molar-refractivity contribution in [2.75, 3.05) is 13.7 Å². The van der Waals surface area contributed by atoms with E-state index in [4.69, 9.17) is 4.74 Å². The first-order chi connectivity index (χ1) is 10.7. The number of rotatable bonds is 6. The van der Waals surface area contributed by atoms with Gasteiger partial charge in [-0.05, 0) is 36.9 Å². The molecule has 2 heterocycles. The van der Waals surface area contributed by atoms with E-state index in [2.05, 4.69) is 39.0 Å². The summed E-state index contributed by atoms with van der Waals surface area (Å²) in [6.45, 7) is 6.07. The van der Waals surface area contributed by atoms with Gasteiger partial charge in [-0.1, -0.05) is 6.07 Å². The summed E-state index contributed by atoms with van der Waals surface area (Å²) < 4.78 is 5.53. The van der Waals surface area contributed by atoms with Crippen LogP contribution in [0.4, 0.5) is 0 Å². The highest BCUT2D eigenvalue weighted by atomic mass is 127. The number of guanidine groups is 1. The number of aromatic nitrogens is 1. The number of thiophene rings is 1. The molecule has 0 atom stereocenters. The molecule has 0 aromatic carbocycles. The third-order valence-electron chi connectivity index (χ3n) is 3.19. The van der Waals surface area contributed by atoms with Crippen molar-refractivity contribution in [1.29, 1.82) is 0 Å². The van der Waals surface area contributed by atoms with E-state index >= 15 is 0 Å². The Bertz CT molecular complexity index is 630. The Hall–Kier alpha value is -1.35. The Kier molecular flexibility index (Phi) is 8.93. The van der Waals surface area contributed by atoms with Crippen molar-refractivity contribution in [3.8, 4) is 5.88 Å². The second kappa shape index (κ2) is 10.4. The summed E-state index contributed by atoms with van der Waals surface area (Å²) >= 11 is 1.75. The molecule has 0 fully saturated rings. The van der Waals surface area contributed by atoms with Gasteiger partial charge in [-0.15, -0.1) is 35.3 Å². The van der Waals surface area contributed by atoms with Crippen LogP contribution in [0.5, 0.6) is 5.88 Å². The maximum Gasteiger partial charge on any atom is 0.218 e. The molecule has 2 N–H and O–H groups in total. The van der Waals surface area contributed by atoms with Gasteiger partial charge in [-0.2, -0.15) is 0 Å². The highest BCUT2D eigenvalue weighted by Crippen LogP contribution is 2.15. The van der Waals surface area contributed by atoms with E-state index in [0.717, 1.165) is 18.1 Å². The van der Waals surface area contributed by atoms with Crippen LogP contribution in [0.25, 0.3) is 0 Å². The normalized spacial score (nSPS) is 10.8. The lowest BCUT2D eigenvalue weighted by Gasteiger charge is -2.13. The minimum atomic E-state index is 0. The van der Waals surface area contributed by atoms with E-state index < -0.39 is 0 Å². The number of aliphatic imine (C=N–C) groups is 1. The zero-order valence-corrected chi connectivity index (χ0v) is 16.8. The summed E-state index contributed by atoms with van der Waals surface area (Å²) in [5, 5.41) is 8.72. The van der Waals surface area contributed by atoms with Crippen LogP contribution >= 0.6 is 35.3 Å². The molecule has 0 amide bonds. The SMILES string of the molecule is CCOc1ncccc1CNC(=NC)NCc1sccc1C.I. The van der Waals surface area contributed by atoms with E-state index in [1.165, 1.54) is 10.4 Å². The minimum absolute atomic E-state index is 0. The largest absolute Gasteiger partial charge is 0.478 e. The molecule has 0 saturated heterocycles. The Morgan fingerprint density at radius 3 is 2.74 bits per heavy atom. The number of halogens is 1. The molecule has 0 aliphatic carbocycles. The zero-order valence-electron chi connectivity index (χ0n) is 13.6. The molecule has 2 rings (SSSR count). The Morgan fingerprint density at radius 2 is 2.09 bits per heavy atom. The zero-order chi connectivity index (χ0) is 15.8. The second-order valence-electron chi connectivity index (χ2n) is 4.71. The second-order valence-corrected chi connectivity index (χ2v) is 5.71. The molecule has 2 aromatic rings. The summed E-state index contributed by atoms with van der Waals surface area (Å²) in [6, 6.07) is 6.04. The summed E-state index contributed by atoms with van der Waals surface area (Å²) in [7, 11) is 1.77. The van der Waals surface area contributed by atoms with Crippen molar-refractivity contribution in [2.45, 2.75) is 26.9 Å². The molecule has 2 aromatic heterocycles. The predicted molar refractivity (Wildman–Crippen MR) is 107 cm³/mol. The summed E-state index contributed by atoms with van der Waals surface area (Å²) in [5.41, 5.74) is 2.32. The maximum atomic E-state index is 5.53. The van der Waals surface area contributed by atoms with Gasteiger partial charge >= 0.3 is 0 Å². The van der Waals surface area contributed by atoms with Gasteiger partial charge in [0.15, 0.2) is 5.96 Å². The first-order valence-electron chi connectivity index (χ1n) is 7.28. The molecule has 0 aliphatic rings. The fourth-order valence-electron chi connectivity index (χ4n) is 1.97. The molecule has 0 aliphatic heterocycles. The summed E-state index contributed by atoms with van der Waals surface area (Å²) in [6.07, 6.45) is 1.74. The van der Waals surface area contributed by atoms with Gasteiger partial charge in [0.1, 0.15) is 0 Å². The molecule has 0 unspecified atom stereocenters. The lowest BCUT2D eigenvalue weighted by atomic mass is 10.2. The van der Waals surface area contributed by atoms with Crippen LogP contribution in [-0.4, -0.2) is 24.6 Å². The number of nitrogens with one attached hydrogen (secondary N) is 2. The van der Waals surface area contributed by atoms with Gasteiger partial charge in [0.2, 0.25) is 5.88 Å². The van der Waals surface area contributed by atoms with Gasteiger partial charge in [0.25, 0.3) is 0 Å². The van der Waals surface area contributed by atoms with E-state index in [9.17, 15) is 0 Å². The quantitative estimate of drug-likeness (QED) is 0.406. The molecule has 0 spiro atoms. The highest BCUT2D eigenvalue weighted by Gasteiger charge is 2.06. The number of ether oxygens (including phenoxy) is 1. The third kappa shape index (κ3) is 5.98. The predicted octanol–water partition coefficient (Wildman–Crippen LogP) is 3.33. The fourth-order valence-corrected chi connectivity index (χ4v) is 2.82. The third-order valence-corrected chi connectivity index (χ3v) is 4.21. The molecular formula is C16H23IN4OS. The molecule has 0 saturated carbocycles. The van der Waals surface area contributed by atoms with Crippen LogP contribution in [0, 0.1) is 6.92 Å². The average Bonchev–Trinajstić information content (AvgIpc) is 2.94. The monoisotopic (exact) mass is 446 g/mol. The molecule has 23 heavy (non-hydrogen) atoms. The Morgan fingerprint density at radius 1 is 1.30 bits per heavy atom. The van der Waals surface area contributed by atoms with Crippen molar-refractivity contribution in [3.63, 3.8) is 0 Å². The molecule has 5 nitrogen and oxygen atoms in total. The van der Waals surface area contributed by atoms with E-state index in [1.54, 1.807) is 24.6 Å². The Labute approximate surface area is 158 Å². The number of hydrogen-bond donors (Lipinski definition) is 2. The molecule has 126 valence electrons. The number of pyridine rings is 1. The van der Waals surface area contributed by atoms with Crippen molar-refractivity contribution >= 4 is 41.3 Å². The number of aryl methyl sites for hydroxylation is 1. The summed E-state index contributed by atoms with van der Waals surface area (Å²) in [5.74, 6) is 1.43. The first-order valence-corrected chi connectivity index (χ1v) is 8.16. The first kappa shape index (κ1) is 19.7. The van der Waals surface area contributed by atoms with Crippen LogP contribution in [0.1, 0.15) is 22.9 Å². The number of nitrogens with zero attached hydrogens (tertiary/aromatic N) is 2. The van der Waals surface area contributed by atoms with Crippen molar-refractivity contribution in [2.24, 2.45) is 4.99 Å². The van der Waals surface area contributed by atoms with E-state index in [1.807, 2.05) is 19.1 Å². The molecule has 7 heteroatoms. The lowest BCUT2D eigenvalue weighted by molar-refractivity contribution is 0.322. The van der Waals surface area contributed by atoms with Crippen LogP contribution in [0.3, 0.4) is 0 Å². The standard InChI is InChI=1S/C16H22N4OS.HI/c1-4-21-15-13(6-5-8-18-15)10-19-16(17-3)20-11-14-12(2)7-9-22-14;/h5-9H,4,10-11H2,1-3H3,(H2,17,19,20);1H. The fraction of sp³-hybridized carbons (Fsp3) is 0.375. The van der Waals surface area contributed by atoms with E-state index in [0.29, 0.717) is 19.0 Å². The van der Waals surface area contributed by atoms with Crippen LogP contribution in [0.15, 0.2) is 34.8 Å². The topological polar surface area (TPSA) is 58.5 Å². The van der Waals surface area contributed by atoms with E-state index in [-0.39, 0.29) is 24.0 Å². The van der Waals surface area contributed by atoms with Gasteiger partial charge in [-0.3, -0.25) is 4.99 Å². The van der Waals surface area contributed by atoms with Crippen molar-refractivity contribution < 1.29 is 4.74 Å². The van der Waals surface area contributed by atoms with Gasteiger partial charge in [0.05, 0.1) is 13.2 Å². The van der Waals surface area contributed by atoms with Crippen LogP contribution < -0.4 is 15.4 Å². The van der Waals surface area contributed by atoms with Gasteiger partial charge in [-0.25, -0.2) is 4.98 Å². The van der Waals surface area contributed by atoms with Crippen molar-refractivity contribution in [3.05, 3.63) is 45.8 Å².